The molecular formula is C23H30N2O3S. The summed E-state index contributed by atoms with van der Waals surface area (Å²) in [5.74, 6) is 0.879. The van der Waals surface area contributed by atoms with Crippen molar-refractivity contribution >= 4 is 17.2 Å². The molecule has 1 amide bonds. The lowest BCUT2D eigenvalue weighted by Gasteiger charge is -2.37. The van der Waals surface area contributed by atoms with Crippen molar-refractivity contribution in [3.05, 3.63) is 64.4 Å². The first kappa shape index (κ1) is 21.6. The Morgan fingerprint density at radius 1 is 1.48 bits per heavy atom. The van der Waals surface area contributed by atoms with Gasteiger partial charge in [-0.3, -0.25) is 9.69 Å². The highest BCUT2D eigenvalue weighted by Gasteiger charge is 2.32. The summed E-state index contributed by atoms with van der Waals surface area (Å²) in [4.78, 5) is 18.4. The van der Waals surface area contributed by atoms with Gasteiger partial charge in [-0.15, -0.1) is 17.9 Å². The van der Waals surface area contributed by atoms with Crippen molar-refractivity contribution < 1.29 is 14.6 Å². The molecule has 6 heteroatoms. The number of ether oxygens (including phenoxy) is 1. The van der Waals surface area contributed by atoms with Gasteiger partial charge in [-0.25, -0.2) is 0 Å². The van der Waals surface area contributed by atoms with E-state index in [9.17, 15) is 9.90 Å². The second kappa shape index (κ2) is 10.1. The molecule has 0 aliphatic carbocycles. The third-order valence-electron chi connectivity index (χ3n) is 5.08. The Labute approximate surface area is 177 Å². The van der Waals surface area contributed by atoms with E-state index in [0.717, 1.165) is 17.7 Å². The lowest BCUT2D eigenvalue weighted by molar-refractivity contribution is -0.136. The maximum Gasteiger partial charge on any atom is 0.237 e. The Balaban J connectivity index is 1.74. The summed E-state index contributed by atoms with van der Waals surface area (Å²) in [7, 11) is 0. The molecule has 29 heavy (non-hydrogen) atoms. The zero-order chi connectivity index (χ0) is 20.8. The lowest BCUT2D eigenvalue weighted by atomic mass is 10.0. The summed E-state index contributed by atoms with van der Waals surface area (Å²) in [5.41, 5.74) is 2.33. The van der Waals surface area contributed by atoms with E-state index in [2.05, 4.69) is 18.0 Å². The normalized spacial score (nSPS) is 17.1. The van der Waals surface area contributed by atoms with Gasteiger partial charge in [0, 0.05) is 24.5 Å². The van der Waals surface area contributed by atoms with E-state index in [4.69, 9.17) is 4.74 Å². The number of amides is 1. The summed E-state index contributed by atoms with van der Waals surface area (Å²) in [5, 5.41) is 11.8. The van der Waals surface area contributed by atoms with E-state index >= 15 is 0 Å². The second-order valence-corrected chi connectivity index (χ2v) is 8.61. The Bertz CT molecular complexity index is 833. The highest BCUT2D eigenvalue weighted by atomic mass is 32.1. The molecule has 0 saturated heterocycles. The number of thiophene rings is 1. The molecule has 2 heterocycles. The molecule has 2 aromatic rings. The molecule has 1 aliphatic heterocycles. The molecule has 1 aromatic carbocycles. The summed E-state index contributed by atoms with van der Waals surface area (Å²) in [6, 6.07) is 9.99. The van der Waals surface area contributed by atoms with E-state index in [1.807, 2.05) is 41.0 Å². The van der Waals surface area contributed by atoms with Crippen LogP contribution in [0.4, 0.5) is 0 Å². The number of aliphatic hydroxyl groups excluding tert-OH is 1. The molecule has 0 bridgehead atoms. The number of aliphatic hydroxyl groups is 1. The van der Waals surface area contributed by atoms with E-state index in [-0.39, 0.29) is 18.5 Å². The molecule has 2 atom stereocenters. The van der Waals surface area contributed by atoms with Crippen LogP contribution in [0.2, 0.25) is 0 Å². The smallest absolute Gasteiger partial charge is 0.237 e. The van der Waals surface area contributed by atoms with Gasteiger partial charge >= 0.3 is 0 Å². The number of carbonyl (C=O) groups is 1. The summed E-state index contributed by atoms with van der Waals surface area (Å²) >= 11 is 1.75. The second-order valence-electron chi connectivity index (χ2n) is 7.61. The van der Waals surface area contributed by atoms with E-state index in [0.29, 0.717) is 26.2 Å². The van der Waals surface area contributed by atoms with E-state index in [1.54, 1.807) is 24.3 Å². The average molecular weight is 415 g/mol. The molecule has 1 N–H and O–H groups in total. The van der Waals surface area contributed by atoms with Crippen molar-refractivity contribution in [1.29, 1.82) is 0 Å². The van der Waals surface area contributed by atoms with Crippen LogP contribution in [0.25, 0.3) is 0 Å². The molecule has 3 rings (SSSR count). The molecule has 0 radical (unpaired) electrons. The van der Waals surface area contributed by atoms with Gasteiger partial charge in [0.25, 0.3) is 0 Å². The first-order valence-electron chi connectivity index (χ1n) is 10.0. The summed E-state index contributed by atoms with van der Waals surface area (Å²) < 4.78 is 6.09. The first-order chi connectivity index (χ1) is 14.0. The quantitative estimate of drug-likeness (QED) is 0.639. The minimum atomic E-state index is -0.493. The van der Waals surface area contributed by atoms with Crippen LogP contribution in [-0.4, -0.2) is 59.7 Å². The summed E-state index contributed by atoms with van der Waals surface area (Å²) in [6.07, 6.45) is 2.15. The SMILES string of the molecule is C=CCN(CC(=O)N1CCc2sccc2C1COc1cccc(C)c1)CC(C)O. The van der Waals surface area contributed by atoms with E-state index in [1.165, 1.54) is 10.4 Å². The number of hydrogen-bond donors (Lipinski definition) is 1. The van der Waals surface area contributed by atoms with Gasteiger partial charge in [0.1, 0.15) is 12.4 Å². The van der Waals surface area contributed by atoms with Crippen LogP contribution in [0, 0.1) is 6.92 Å². The van der Waals surface area contributed by atoms with Gasteiger partial charge in [0.2, 0.25) is 5.91 Å². The Kier molecular flexibility index (Phi) is 7.47. The van der Waals surface area contributed by atoms with Crippen molar-refractivity contribution in [2.75, 3.05) is 32.8 Å². The van der Waals surface area contributed by atoms with Gasteiger partial charge in [-0.1, -0.05) is 18.2 Å². The number of fused-ring (bicyclic) bond motifs is 1. The van der Waals surface area contributed by atoms with Crippen LogP contribution in [0.5, 0.6) is 5.75 Å². The van der Waals surface area contributed by atoms with E-state index < -0.39 is 6.10 Å². The Hall–Kier alpha value is -2.15. The van der Waals surface area contributed by atoms with Gasteiger partial charge in [0.15, 0.2) is 0 Å². The number of aryl methyl sites for hydroxylation is 1. The summed E-state index contributed by atoms with van der Waals surface area (Å²) in [6.45, 7) is 9.93. The maximum absolute atomic E-state index is 13.2. The number of rotatable bonds is 9. The molecule has 2 unspecified atom stereocenters. The van der Waals surface area contributed by atoms with Crippen LogP contribution in [0.15, 0.2) is 48.4 Å². The zero-order valence-electron chi connectivity index (χ0n) is 17.2. The first-order valence-corrected chi connectivity index (χ1v) is 10.9. The minimum absolute atomic E-state index is 0.0576. The third kappa shape index (κ3) is 5.69. The molecule has 0 fully saturated rings. The number of carbonyl (C=O) groups excluding carboxylic acids is 1. The number of benzene rings is 1. The van der Waals surface area contributed by atoms with Crippen LogP contribution in [-0.2, 0) is 11.2 Å². The molecule has 1 aliphatic rings. The fourth-order valence-corrected chi connectivity index (χ4v) is 4.73. The molecule has 0 spiro atoms. The monoisotopic (exact) mass is 414 g/mol. The van der Waals surface area contributed by atoms with Crippen molar-refractivity contribution in [3.63, 3.8) is 0 Å². The van der Waals surface area contributed by atoms with Gasteiger partial charge < -0.3 is 14.7 Å². The predicted octanol–water partition coefficient (Wildman–Crippen LogP) is 3.43. The molecular weight excluding hydrogens is 384 g/mol. The molecule has 5 nitrogen and oxygen atoms in total. The standard InChI is InChI=1S/C23H30N2O3S/c1-4-10-24(14-18(3)26)15-23(27)25-11-8-22-20(9-12-29-22)21(25)16-28-19-7-5-6-17(2)13-19/h4-7,9,12-13,18,21,26H,1,8,10-11,14-16H2,2-3H3. The zero-order valence-corrected chi connectivity index (χ0v) is 18.0. The Morgan fingerprint density at radius 2 is 2.31 bits per heavy atom. The predicted molar refractivity (Wildman–Crippen MR) is 117 cm³/mol. The van der Waals surface area contributed by atoms with Crippen LogP contribution >= 0.6 is 11.3 Å². The van der Waals surface area contributed by atoms with Crippen LogP contribution < -0.4 is 4.74 Å². The van der Waals surface area contributed by atoms with Gasteiger partial charge in [-0.2, -0.15) is 0 Å². The van der Waals surface area contributed by atoms with Crippen LogP contribution in [0.3, 0.4) is 0 Å². The van der Waals surface area contributed by atoms with Crippen molar-refractivity contribution in [2.24, 2.45) is 0 Å². The number of hydrogen-bond acceptors (Lipinski definition) is 5. The van der Waals surface area contributed by atoms with Gasteiger partial charge in [-0.05, 0) is 55.0 Å². The average Bonchev–Trinajstić information content (AvgIpc) is 3.14. The fraction of sp³-hybridized carbons (Fsp3) is 0.435. The molecule has 1 aromatic heterocycles. The largest absolute Gasteiger partial charge is 0.491 e. The van der Waals surface area contributed by atoms with Crippen LogP contribution in [0.1, 0.15) is 29.0 Å². The number of nitrogens with zero attached hydrogens (tertiary/aromatic N) is 2. The molecule has 156 valence electrons. The minimum Gasteiger partial charge on any atom is -0.491 e. The molecule has 0 saturated carbocycles. The van der Waals surface area contributed by atoms with Crippen molar-refractivity contribution in [1.82, 2.24) is 9.80 Å². The third-order valence-corrected chi connectivity index (χ3v) is 6.08. The fourth-order valence-electron chi connectivity index (χ4n) is 3.80. The lowest BCUT2D eigenvalue weighted by Crippen LogP contribution is -2.47. The Morgan fingerprint density at radius 3 is 3.03 bits per heavy atom. The highest BCUT2D eigenvalue weighted by molar-refractivity contribution is 7.10. The van der Waals surface area contributed by atoms with Gasteiger partial charge in [0.05, 0.1) is 18.7 Å². The van der Waals surface area contributed by atoms with Crippen molar-refractivity contribution in [2.45, 2.75) is 32.4 Å². The highest BCUT2D eigenvalue weighted by Crippen LogP contribution is 2.34. The topological polar surface area (TPSA) is 53.0 Å². The maximum atomic E-state index is 13.2. The van der Waals surface area contributed by atoms with Crippen molar-refractivity contribution in [3.8, 4) is 5.75 Å².